The van der Waals surface area contributed by atoms with Crippen molar-refractivity contribution in [3.63, 3.8) is 0 Å². The maximum atomic E-state index is 11.0. The Morgan fingerprint density at radius 1 is 1.29 bits per heavy atom. The lowest BCUT2D eigenvalue weighted by molar-refractivity contribution is -0.138. The molecular formula is C12H20O2. The van der Waals surface area contributed by atoms with Crippen LogP contribution in [0.15, 0.2) is 25.0 Å². The number of esters is 1. The number of hydrogen-bond donors (Lipinski definition) is 0. The Balaban J connectivity index is 3.26. The molecule has 0 aliphatic rings. The Morgan fingerprint density at radius 3 is 2.64 bits per heavy atom. The Morgan fingerprint density at radius 2 is 2.00 bits per heavy atom. The molecule has 0 heterocycles. The molecule has 0 rings (SSSR count). The van der Waals surface area contributed by atoms with Gasteiger partial charge >= 0.3 is 5.97 Å². The van der Waals surface area contributed by atoms with Crippen LogP contribution in [-0.2, 0) is 9.53 Å². The lowest BCUT2D eigenvalue weighted by atomic mass is 10.1. The third-order valence-corrected chi connectivity index (χ3v) is 1.90. The van der Waals surface area contributed by atoms with Crippen LogP contribution in [0.4, 0.5) is 0 Å². The van der Waals surface area contributed by atoms with E-state index in [1.54, 1.807) is 12.2 Å². The highest BCUT2D eigenvalue weighted by Crippen LogP contribution is 2.05. The largest absolute Gasteiger partial charge is 0.434 e. The summed E-state index contributed by atoms with van der Waals surface area (Å²) in [5.41, 5.74) is 0. The van der Waals surface area contributed by atoms with Crippen LogP contribution >= 0.6 is 0 Å². The summed E-state index contributed by atoms with van der Waals surface area (Å²) in [6.45, 7) is 5.65. The molecule has 0 saturated carbocycles. The van der Waals surface area contributed by atoms with Crippen molar-refractivity contribution in [1.82, 2.24) is 0 Å². The first-order valence-electron chi connectivity index (χ1n) is 5.28. The maximum Gasteiger partial charge on any atom is 0.310 e. The lowest BCUT2D eigenvalue weighted by Crippen LogP contribution is -1.98. The molecule has 0 radical (unpaired) electrons. The van der Waals surface area contributed by atoms with Gasteiger partial charge in [0, 0.05) is 6.42 Å². The van der Waals surface area contributed by atoms with Crippen molar-refractivity contribution in [1.29, 1.82) is 0 Å². The minimum absolute atomic E-state index is 0.153. The van der Waals surface area contributed by atoms with Gasteiger partial charge in [-0.2, -0.15) is 0 Å². The van der Waals surface area contributed by atoms with E-state index in [-0.39, 0.29) is 5.97 Å². The first-order valence-corrected chi connectivity index (χ1v) is 5.28. The predicted molar refractivity (Wildman–Crippen MR) is 58.8 cm³/mol. The van der Waals surface area contributed by atoms with Gasteiger partial charge in [-0.05, 0) is 12.5 Å². The van der Waals surface area contributed by atoms with Crippen molar-refractivity contribution in [2.45, 2.75) is 45.4 Å². The standard InChI is InChI=1S/C12H20O2/c1-3-5-7-8-9-10-12(13)14-11-6-4-2/h4,6,11H,2-3,5,7-10H2,1H3. The smallest absolute Gasteiger partial charge is 0.310 e. The molecule has 0 aromatic carbocycles. The van der Waals surface area contributed by atoms with Crippen LogP contribution in [0.5, 0.6) is 0 Å². The normalized spacial score (nSPS) is 10.4. The van der Waals surface area contributed by atoms with Gasteiger partial charge in [0.2, 0.25) is 0 Å². The highest BCUT2D eigenvalue weighted by atomic mass is 16.5. The summed E-state index contributed by atoms with van der Waals surface area (Å²) in [5, 5.41) is 0. The number of rotatable bonds is 8. The molecule has 0 aliphatic carbocycles. The van der Waals surface area contributed by atoms with E-state index in [2.05, 4.69) is 13.5 Å². The second-order valence-corrected chi connectivity index (χ2v) is 3.22. The first kappa shape index (κ1) is 12.9. The highest BCUT2D eigenvalue weighted by Gasteiger charge is 1.99. The predicted octanol–water partition coefficient (Wildman–Crippen LogP) is 3.59. The number of allylic oxidation sites excluding steroid dienone is 2. The van der Waals surface area contributed by atoms with Crippen LogP contribution in [0.1, 0.15) is 45.4 Å². The van der Waals surface area contributed by atoms with Gasteiger partial charge in [-0.3, -0.25) is 4.79 Å². The van der Waals surface area contributed by atoms with Gasteiger partial charge in [-0.25, -0.2) is 0 Å². The Kier molecular flexibility index (Phi) is 9.28. The number of ether oxygens (including phenoxy) is 1. The van der Waals surface area contributed by atoms with E-state index in [4.69, 9.17) is 4.74 Å². The Hall–Kier alpha value is -1.05. The minimum atomic E-state index is -0.153. The van der Waals surface area contributed by atoms with Gasteiger partial charge in [-0.1, -0.05) is 45.3 Å². The van der Waals surface area contributed by atoms with E-state index in [1.807, 2.05) is 0 Å². The molecule has 0 unspecified atom stereocenters. The molecule has 0 N–H and O–H groups in total. The zero-order valence-corrected chi connectivity index (χ0v) is 9.00. The van der Waals surface area contributed by atoms with E-state index in [1.165, 1.54) is 25.5 Å². The zero-order valence-electron chi connectivity index (χ0n) is 9.00. The van der Waals surface area contributed by atoms with Crippen LogP contribution in [0.2, 0.25) is 0 Å². The molecule has 0 aromatic heterocycles. The Labute approximate surface area is 86.6 Å². The molecule has 14 heavy (non-hydrogen) atoms. The molecule has 0 saturated heterocycles. The second-order valence-electron chi connectivity index (χ2n) is 3.22. The van der Waals surface area contributed by atoms with Crippen LogP contribution in [0, 0.1) is 0 Å². The topological polar surface area (TPSA) is 26.3 Å². The monoisotopic (exact) mass is 196 g/mol. The summed E-state index contributed by atoms with van der Waals surface area (Å²) in [6, 6.07) is 0. The van der Waals surface area contributed by atoms with E-state index in [9.17, 15) is 4.79 Å². The van der Waals surface area contributed by atoms with Crippen molar-refractivity contribution in [3.8, 4) is 0 Å². The minimum Gasteiger partial charge on any atom is -0.434 e. The molecule has 0 atom stereocenters. The molecule has 2 heteroatoms. The maximum absolute atomic E-state index is 11.0. The highest BCUT2D eigenvalue weighted by molar-refractivity contribution is 5.69. The summed E-state index contributed by atoms with van der Waals surface area (Å²) in [5.74, 6) is -0.153. The van der Waals surface area contributed by atoms with Crippen LogP contribution in [-0.4, -0.2) is 5.97 Å². The van der Waals surface area contributed by atoms with Crippen molar-refractivity contribution < 1.29 is 9.53 Å². The average Bonchev–Trinajstić information content (AvgIpc) is 2.18. The fourth-order valence-corrected chi connectivity index (χ4v) is 1.10. The van der Waals surface area contributed by atoms with Crippen molar-refractivity contribution in [2.75, 3.05) is 0 Å². The number of carbonyl (C=O) groups is 1. The summed E-state index contributed by atoms with van der Waals surface area (Å²) in [4.78, 5) is 11.0. The third kappa shape index (κ3) is 9.04. The summed E-state index contributed by atoms with van der Waals surface area (Å²) >= 11 is 0. The quantitative estimate of drug-likeness (QED) is 0.257. The zero-order chi connectivity index (χ0) is 10.6. The van der Waals surface area contributed by atoms with Gasteiger partial charge in [0.15, 0.2) is 0 Å². The fraction of sp³-hybridized carbons (Fsp3) is 0.583. The van der Waals surface area contributed by atoms with Gasteiger partial charge in [0.05, 0.1) is 6.26 Å². The molecule has 0 spiro atoms. The van der Waals surface area contributed by atoms with Gasteiger partial charge in [0.25, 0.3) is 0 Å². The first-order chi connectivity index (χ1) is 6.81. The summed E-state index contributed by atoms with van der Waals surface area (Å²) < 4.78 is 4.80. The Bertz CT molecular complexity index is 183. The molecule has 0 bridgehead atoms. The third-order valence-electron chi connectivity index (χ3n) is 1.90. The van der Waals surface area contributed by atoms with Gasteiger partial charge in [-0.15, -0.1) is 0 Å². The number of hydrogen-bond acceptors (Lipinski definition) is 2. The number of unbranched alkanes of at least 4 members (excludes halogenated alkanes) is 4. The van der Waals surface area contributed by atoms with Crippen molar-refractivity contribution in [2.24, 2.45) is 0 Å². The number of carbonyl (C=O) groups excluding carboxylic acids is 1. The van der Waals surface area contributed by atoms with Crippen LogP contribution in [0.3, 0.4) is 0 Å². The lowest BCUT2D eigenvalue weighted by Gasteiger charge is -1.99. The van der Waals surface area contributed by atoms with Crippen LogP contribution < -0.4 is 0 Å². The molecule has 0 fully saturated rings. The van der Waals surface area contributed by atoms with E-state index in [0.29, 0.717) is 6.42 Å². The molecule has 0 aliphatic heterocycles. The average molecular weight is 196 g/mol. The van der Waals surface area contributed by atoms with E-state index >= 15 is 0 Å². The molecule has 2 nitrogen and oxygen atoms in total. The molecule has 0 aromatic rings. The SMILES string of the molecule is C=CC=COC(=O)CCCCCCC. The second kappa shape index (κ2) is 10.0. The van der Waals surface area contributed by atoms with Gasteiger partial charge < -0.3 is 4.74 Å². The summed E-state index contributed by atoms with van der Waals surface area (Å²) in [6.07, 6.45) is 10.8. The van der Waals surface area contributed by atoms with E-state index < -0.39 is 0 Å². The van der Waals surface area contributed by atoms with Gasteiger partial charge in [0.1, 0.15) is 0 Å². The van der Waals surface area contributed by atoms with Crippen LogP contribution in [0.25, 0.3) is 0 Å². The fourth-order valence-electron chi connectivity index (χ4n) is 1.10. The van der Waals surface area contributed by atoms with Crippen molar-refractivity contribution in [3.05, 3.63) is 25.0 Å². The molecule has 80 valence electrons. The van der Waals surface area contributed by atoms with E-state index in [0.717, 1.165) is 12.8 Å². The van der Waals surface area contributed by atoms with Crippen molar-refractivity contribution >= 4 is 5.97 Å². The summed E-state index contributed by atoms with van der Waals surface area (Å²) in [7, 11) is 0. The molecule has 0 amide bonds. The molecular weight excluding hydrogens is 176 g/mol.